The normalized spacial score (nSPS) is 35.2. The van der Waals surface area contributed by atoms with E-state index in [1.54, 1.807) is 0 Å². The predicted molar refractivity (Wildman–Crippen MR) is 48.9 cm³/mol. The Bertz CT molecular complexity index is 136. The van der Waals surface area contributed by atoms with Gasteiger partial charge in [0.05, 0.1) is 5.60 Å². The zero-order valence-corrected chi connectivity index (χ0v) is 7.70. The van der Waals surface area contributed by atoms with Crippen molar-refractivity contribution in [3.8, 4) is 0 Å². The Balaban J connectivity index is 1.76. The lowest BCUT2D eigenvalue weighted by atomic mass is 10.1. The summed E-state index contributed by atoms with van der Waals surface area (Å²) in [5.74, 6) is 1.32. The topological polar surface area (TPSA) is 20.2 Å². The van der Waals surface area contributed by atoms with Crippen LogP contribution >= 0.6 is 11.8 Å². The van der Waals surface area contributed by atoms with Gasteiger partial charge in [-0.2, -0.15) is 11.8 Å². The first-order valence-electron chi connectivity index (χ1n) is 4.63. The molecule has 0 amide bonds. The Labute approximate surface area is 72.6 Å². The standard InChI is InChI=1S/C9H16OS/c10-9(4-5-9)7-8-3-1-2-6-11-8/h8,10H,1-7H2. The summed E-state index contributed by atoms with van der Waals surface area (Å²) in [4.78, 5) is 0. The van der Waals surface area contributed by atoms with Gasteiger partial charge in [0, 0.05) is 5.25 Å². The van der Waals surface area contributed by atoms with Gasteiger partial charge < -0.3 is 5.11 Å². The molecule has 2 fully saturated rings. The molecular formula is C9H16OS. The highest BCUT2D eigenvalue weighted by atomic mass is 32.2. The summed E-state index contributed by atoms with van der Waals surface area (Å²) < 4.78 is 0. The first-order valence-corrected chi connectivity index (χ1v) is 5.67. The SMILES string of the molecule is OC1(CC2CCCCS2)CC1. The minimum absolute atomic E-state index is 0.213. The fraction of sp³-hybridized carbons (Fsp3) is 1.00. The molecule has 1 heterocycles. The fourth-order valence-electron chi connectivity index (χ4n) is 1.74. The molecule has 1 unspecified atom stereocenters. The Morgan fingerprint density at radius 3 is 2.73 bits per heavy atom. The second-order valence-corrected chi connectivity index (χ2v) is 5.33. The van der Waals surface area contributed by atoms with Crippen LogP contribution in [0.15, 0.2) is 0 Å². The van der Waals surface area contributed by atoms with Crippen molar-refractivity contribution >= 4 is 11.8 Å². The van der Waals surface area contributed by atoms with E-state index in [1.165, 1.54) is 25.0 Å². The molecule has 1 saturated heterocycles. The molecule has 0 bridgehead atoms. The fourth-order valence-corrected chi connectivity index (χ4v) is 3.21. The molecular weight excluding hydrogens is 156 g/mol. The third kappa shape index (κ3) is 2.12. The second kappa shape index (κ2) is 2.98. The maximum atomic E-state index is 9.67. The van der Waals surface area contributed by atoms with Crippen molar-refractivity contribution in [2.75, 3.05) is 5.75 Å². The Morgan fingerprint density at radius 1 is 1.36 bits per heavy atom. The largest absolute Gasteiger partial charge is 0.390 e. The summed E-state index contributed by atoms with van der Waals surface area (Å²) in [6.45, 7) is 0. The molecule has 1 N–H and O–H groups in total. The summed E-state index contributed by atoms with van der Waals surface area (Å²) in [5.41, 5.74) is -0.213. The van der Waals surface area contributed by atoms with Crippen molar-refractivity contribution in [1.82, 2.24) is 0 Å². The molecule has 64 valence electrons. The molecule has 1 atom stereocenters. The van der Waals surface area contributed by atoms with E-state index in [1.807, 2.05) is 0 Å². The van der Waals surface area contributed by atoms with Crippen molar-refractivity contribution in [2.45, 2.75) is 49.4 Å². The van der Waals surface area contributed by atoms with Crippen LogP contribution in [0.4, 0.5) is 0 Å². The van der Waals surface area contributed by atoms with Crippen LogP contribution in [0.1, 0.15) is 38.5 Å². The minimum Gasteiger partial charge on any atom is -0.390 e. The maximum Gasteiger partial charge on any atom is 0.0660 e. The van der Waals surface area contributed by atoms with Crippen LogP contribution in [0.3, 0.4) is 0 Å². The molecule has 0 radical (unpaired) electrons. The highest BCUT2D eigenvalue weighted by Gasteiger charge is 2.42. The van der Waals surface area contributed by atoms with Crippen molar-refractivity contribution < 1.29 is 5.11 Å². The van der Waals surface area contributed by atoms with E-state index in [0.717, 1.165) is 24.5 Å². The molecule has 11 heavy (non-hydrogen) atoms. The molecule has 1 saturated carbocycles. The van der Waals surface area contributed by atoms with Crippen molar-refractivity contribution in [3.05, 3.63) is 0 Å². The monoisotopic (exact) mass is 172 g/mol. The van der Waals surface area contributed by atoms with Gasteiger partial charge in [0.15, 0.2) is 0 Å². The zero-order chi connectivity index (χ0) is 7.73. The molecule has 2 heteroatoms. The van der Waals surface area contributed by atoms with Crippen molar-refractivity contribution in [2.24, 2.45) is 0 Å². The second-order valence-electron chi connectivity index (χ2n) is 3.92. The maximum absolute atomic E-state index is 9.67. The lowest BCUT2D eigenvalue weighted by Crippen LogP contribution is -2.19. The van der Waals surface area contributed by atoms with Crippen LogP contribution in [-0.4, -0.2) is 21.7 Å². The summed E-state index contributed by atoms with van der Waals surface area (Å²) in [6, 6.07) is 0. The van der Waals surface area contributed by atoms with E-state index in [-0.39, 0.29) is 5.60 Å². The van der Waals surface area contributed by atoms with E-state index >= 15 is 0 Å². The van der Waals surface area contributed by atoms with Gasteiger partial charge in [-0.05, 0) is 37.9 Å². The molecule has 0 aromatic rings. The molecule has 2 aliphatic rings. The van der Waals surface area contributed by atoms with Gasteiger partial charge in [-0.25, -0.2) is 0 Å². The van der Waals surface area contributed by atoms with Gasteiger partial charge in [0.1, 0.15) is 0 Å². The average molecular weight is 172 g/mol. The molecule has 0 aromatic carbocycles. The van der Waals surface area contributed by atoms with Crippen molar-refractivity contribution in [1.29, 1.82) is 0 Å². The number of aliphatic hydroxyl groups is 1. The minimum atomic E-state index is -0.213. The van der Waals surface area contributed by atoms with E-state index in [2.05, 4.69) is 11.8 Å². The summed E-state index contributed by atoms with van der Waals surface area (Å²) >= 11 is 2.07. The van der Waals surface area contributed by atoms with Crippen LogP contribution < -0.4 is 0 Å². The molecule has 0 aromatic heterocycles. The van der Waals surface area contributed by atoms with Gasteiger partial charge in [0.2, 0.25) is 0 Å². The average Bonchev–Trinajstić information content (AvgIpc) is 2.70. The molecule has 0 spiro atoms. The van der Waals surface area contributed by atoms with E-state index in [4.69, 9.17) is 0 Å². The number of hydrogen-bond acceptors (Lipinski definition) is 2. The third-order valence-corrected chi connectivity index (χ3v) is 4.11. The quantitative estimate of drug-likeness (QED) is 0.689. The zero-order valence-electron chi connectivity index (χ0n) is 6.88. The molecule has 1 aliphatic heterocycles. The molecule has 2 rings (SSSR count). The Morgan fingerprint density at radius 2 is 2.18 bits per heavy atom. The van der Waals surface area contributed by atoms with Crippen LogP contribution in [0, 0.1) is 0 Å². The smallest absolute Gasteiger partial charge is 0.0660 e. The third-order valence-electron chi connectivity index (χ3n) is 2.71. The summed E-state index contributed by atoms with van der Waals surface area (Å²) in [6.07, 6.45) is 7.30. The van der Waals surface area contributed by atoms with Crippen molar-refractivity contribution in [3.63, 3.8) is 0 Å². The number of thioether (sulfide) groups is 1. The van der Waals surface area contributed by atoms with E-state index in [0.29, 0.717) is 0 Å². The predicted octanol–water partition coefficient (Wildman–Crippen LogP) is 2.19. The van der Waals surface area contributed by atoms with Gasteiger partial charge in [-0.15, -0.1) is 0 Å². The molecule has 1 aliphatic carbocycles. The lowest BCUT2D eigenvalue weighted by molar-refractivity contribution is 0.138. The Kier molecular flexibility index (Phi) is 2.15. The molecule has 1 nitrogen and oxygen atoms in total. The van der Waals surface area contributed by atoms with Crippen LogP contribution in [0.5, 0.6) is 0 Å². The van der Waals surface area contributed by atoms with Gasteiger partial charge >= 0.3 is 0 Å². The number of hydrogen-bond donors (Lipinski definition) is 1. The lowest BCUT2D eigenvalue weighted by Gasteiger charge is -2.23. The summed E-state index contributed by atoms with van der Waals surface area (Å²) in [7, 11) is 0. The Hall–Kier alpha value is 0.310. The highest BCUT2D eigenvalue weighted by molar-refractivity contribution is 7.99. The van der Waals surface area contributed by atoms with Gasteiger partial charge in [-0.1, -0.05) is 6.42 Å². The first-order chi connectivity index (χ1) is 5.29. The number of rotatable bonds is 2. The van der Waals surface area contributed by atoms with E-state index in [9.17, 15) is 5.11 Å². The highest BCUT2D eigenvalue weighted by Crippen LogP contribution is 2.43. The van der Waals surface area contributed by atoms with E-state index < -0.39 is 0 Å². The summed E-state index contributed by atoms with van der Waals surface area (Å²) in [5, 5.41) is 10.4. The first kappa shape index (κ1) is 7.93. The van der Waals surface area contributed by atoms with Gasteiger partial charge in [0.25, 0.3) is 0 Å². The van der Waals surface area contributed by atoms with Crippen LogP contribution in [0.2, 0.25) is 0 Å². The van der Waals surface area contributed by atoms with Gasteiger partial charge in [-0.3, -0.25) is 0 Å². The van der Waals surface area contributed by atoms with Crippen LogP contribution in [-0.2, 0) is 0 Å². The van der Waals surface area contributed by atoms with Crippen LogP contribution in [0.25, 0.3) is 0 Å².